The molecule has 1 unspecified atom stereocenters. The van der Waals surface area contributed by atoms with Crippen LogP contribution in [0.1, 0.15) is 22.1 Å². The number of cyclic esters (lactones) is 1. The Morgan fingerprint density at radius 3 is 2.65 bits per heavy atom. The second kappa shape index (κ2) is 5.51. The number of hydrogen-bond acceptors (Lipinski definition) is 3. The highest BCUT2D eigenvalue weighted by Gasteiger charge is 2.26. The third-order valence-corrected chi connectivity index (χ3v) is 4.09. The Bertz CT molecular complexity index is 667. The van der Waals surface area contributed by atoms with Crippen molar-refractivity contribution >= 4 is 22.9 Å². The van der Waals surface area contributed by atoms with Crippen molar-refractivity contribution in [3.8, 4) is 0 Å². The number of thioether (sulfide) groups is 1. The molecule has 0 radical (unpaired) electrons. The van der Waals surface area contributed by atoms with Crippen LogP contribution in [0.25, 0.3) is 0 Å². The van der Waals surface area contributed by atoms with E-state index in [1.807, 2.05) is 61.5 Å². The van der Waals surface area contributed by atoms with Gasteiger partial charge in [-0.25, -0.2) is 4.79 Å². The van der Waals surface area contributed by atoms with Gasteiger partial charge in [0, 0.05) is 11.1 Å². The van der Waals surface area contributed by atoms with E-state index in [0.29, 0.717) is 5.04 Å². The first-order valence-electron chi connectivity index (χ1n) is 6.30. The lowest BCUT2D eigenvalue weighted by Crippen LogP contribution is -2.16. The predicted octanol–water partition coefficient (Wildman–Crippen LogP) is 4.32. The van der Waals surface area contributed by atoms with Crippen LogP contribution in [-0.2, 0) is 4.74 Å². The average molecular weight is 283 g/mol. The molecule has 2 aromatic carbocycles. The Labute approximate surface area is 121 Å². The van der Waals surface area contributed by atoms with Gasteiger partial charge in [0.25, 0.3) is 0 Å². The summed E-state index contributed by atoms with van der Waals surface area (Å²) in [5.41, 5.74) is 2.72. The van der Waals surface area contributed by atoms with Gasteiger partial charge < -0.3 is 4.74 Å². The molecule has 20 heavy (non-hydrogen) atoms. The van der Waals surface area contributed by atoms with Crippen molar-refractivity contribution in [2.24, 2.45) is 4.99 Å². The first-order chi connectivity index (χ1) is 9.72. The van der Waals surface area contributed by atoms with Gasteiger partial charge in [-0.2, -0.15) is 4.99 Å². The van der Waals surface area contributed by atoms with Crippen LogP contribution in [0, 0.1) is 6.92 Å². The van der Waals surface area contributed by atoms with Crippen molar-refractivity contribution in [2.75, 3.05) is 0 Å². The minimum Gasteiger partial charge on any atom is -0.428 e. The molecule has 2 aromatic rings. The number of ether oxygens (including phenoxy) is 1. The summed E-state index contributed by atoms with van der Waals surface area (Å²) in [5, 5.41) is 0.707. The minimum atomic E-state index is -0.533. The highest BCUT2D eigenvalue weighted by molar-refractivity contribution is 8.14. The van der Waals surface area contributed by atoms with E-state index in [9.17, 15) is 4.79 Å². The molecule has 1 aliphatic heterocycles. The smallest absolute Gasteiger partial charge is 0.428 e. The molecule has 1 atom stereocenters. The van der Waals surface area contributed by atoms with Crippen LogP contribution in [0.5, 0.6) is 0 Å². The monoisotopic (exact) mass is 283 g/mol. The quantitative estimate of drug-likeness (QED) is 0.823. The average Bonchev–Trinajstić information content (AvgIpc) is 2.47. The number of carbonyl (C=O) groups excluding carboxylic acids is 1. The second-order valence-corrected chi connectivity index (χ2v) is 5.58. The lowest BCUT2D eigenvalue weighted by Gasteiger charge is -2.21. The summed E-state index contributed by atoms with van der Waals surface area (Å²) in [4.78, 5) is 15.7. The van der Waals surface area contributed by atoms with Crippen molar-refractivity contribution in [1.82, 2.24) is 0 Å². The van der Waals surface area contributed by atoms with Crippen LogP contribution in [-0.4, -0.2) is 11.1 Å². The minimum absolute atomic E-state index is 0.336. The Morgan fingerprint density at radius 2 is 1.90 bits per heavy atom. The standard InChI is InChI=1S/C16H13NO2S/c1-11-6-5-9-13(10-11)14-17-16(18)19-15(20-14)12-7-3-2-4-8-12/h2-10,15H,1H3. The molecule has 0 saturated heterocycles. The first kappa shape index (κ1) is 12.9. The van der Waals surface area contributed by atoms with Crippen LogP contribution in [0.3, 0.4) is 0 Å². The van der Waals surface area contributed by atoms with E-state index in [1.54, 1.807) is 0 Å². The Balaban J connectivity index is 1.92. The molecule has 0 fully saturated rings. The molecular weight excluding hydrogens is 270 g/mol. The van der Waals surface area contributed by atoms with Crippen LogP contribution < -0.4 is 0 Å². The summed E-state index contributed by atoms with van der Waals surface area (Å²) in [7, 11) is 0. The van der Waals surface area contributed by atoms with E-state index in [1.165, 1.54) is 11.8 Å². The molecule has 4 heteroatoms. The third-order valence-electron chi connectivity index (χ3n) is 2.96. The molecule has 3 nitrogen and oxygen atoms in total. The molecule has 0 aromatic heterocycles. The topological polar surface area (TPSA) is 38.7 Å². The van der Waals surface area contributed by atoms with Crippen LogP contribution in [0.4, 0.5) is 4.79 Å². The zero-order valence-corrected chi connectivity index (χ0v) is 11.8. The fraction of sp³-hybridized carbons (Fsp3) is 0.125. The maximum absolute atomic E-state index is 11.7. The van der Waals surface area contributed by atoms with E-state index in [0.717, 1.165) is 16.7 Å². The van der Waals surface area contributed by atoms with Gasteiger partial charge in [-0.15, -0.1) is 0 Å². The number of rotatable bonds is 2. The largest absolute Gasteiger partial charge is 0.436 e. The second-order valence-electron chi connectivity index (χ2n) is 4.53. The van der Waals surface area contributed by atoms with Gasteiger partial charge in [0.05, 0.1) is 0 Å². The predicted molar refractivity (Wildman–Crippen MR) is 81.0 cm³/mol. The molecule has 1 heterocycles. The zero-order valence-electron chi connectivity index (χ0n) is 10.9. The number of nitrogens with zero attached hydrogens (tertiary/aromatic N) is 1. The maximum atomic E-state index is 11.7. The molecule has 0 N–H and O–H groups in total. The highest BCUT2D eigenvalue weighted by Crippen LogP contribution is 2.36. The molecule has 0 saturated carbocycles. The van der Waals surface area contributed by atoms with Crippen molar-refractivity contribution in [2.45, 2.75) is 12.4 Å². The molecule has 0 bridgehead atoms. The summed E-state index contributed by atoms with van der Waals surface area (Å²) in [6.45, 7) is 2.02. The van der Waals surface area contributed by atoms with Crippen molar-refractivity contribution in [1.29, 1.82) is 0 Å². The lowest BCUT2D eigenvalue weighted by atomic mass is 10.1. The third kappa shape index (κ3) is 2.75. The molecule has 1 aliphatic rings. The van der Waals surface area contributed by atoms with Gasteiger partial charge >= 0.3 is 6.09 Å². The first-order valence-corrected chi connectivity index (χ1v) is 7.18. The van der Waals surface area contributed by atoms with E-state index in [2.05, 4.69) is 4.99 Å². The molecule has 1 amide bonds. The SMILES string of the molecule is Cc1cccc(C2=NC(=O)OC(c3ccccc3)S2)c1. The normalized spacial score (nSPS) is 18.4. The lowest BCUT2D eigenvalue weighted by molar-refractivity contribution is 0.146. The Kier molecular flexibility index (Phi) is 3.56. The van der Waals surface area contributed by atoms with Crippen molar-refractivity contribution < 1.29 is 9.53 Å². The molecule has 100 valence electrons. The van der Waals surface area contributed by atoms with Crippen LogP contribution in [0.2, 0.25) is 0 Å². The zero-order chi connectivity index (χ0) is 13.9. The van der Waals surface area contributed by atoms with Crippen molar-refractivity contribution in [3.05, 3.63) is 71.3 Å². The maximum Gasteiger partial charge on any atom is 0.436 e. The summed E-state index contributed by atoms with van der Waals surface area (Å²) >= 11 is 1.46. The Hall–Kier alpha value is -2.07. The number of carbonyl (C=O) groups is 1. The summed E-state index contributed by atoms with van der Waals surface area (Å²) in [6, 6.07) is 17.7. The number of hydrogen-bond donors (Lipinski definition) is 0. The Morgan fingerprint density at radius 1 is 1.10 bits per heavy atom. The van der Waals surface area contributed by atoms with E-state index in [4.69, 9.17) is 4.74 Å². The molecular formula is C16H13NO2S. The number of aliphatic imine (C=N–C) groups is 1. The van der Waals surface area contributed by atoms with Gasteiger partial charge in [-0.1, -0.05) is 65.9 Å². The molecule has 0 aliphatic carbocycles. The van der Waals surface area contributed by atoms with Crippen molar-refractivity contribution in [3.63, 3.8) is 0 Å². The fourth-order valence-electron chi connectivity index (χ4n) is 2.01. The summed E-state index contributed by atoms with van der Waals surface area (Å²) in [6.07, 6.45) is -0.533. The highest BCUT2D eigenvalue weighted by atomic mass is 32.2. The molecule has 3 rings (SSSR count). The number of aryl methyl sites for hydroxylation is 1. The summed E-state index contributed by atoms with van der Waals surface area (Å²) < 4.78 is 5.29. The van der Waals surface area contributed by atoms with Gasteiger partial charge in [-0.05, 0) is 13.0 Å². The number of benzene rings is 2. The van der Waals surface area contributed by atoms with E-state index >= 15 is 0 Å². The van der Waals surface area contributed by atoms with Gasteiger partial charge in [0.15, 0.2) is 5.44 Å². The van der Waals surface area contributed by atoms with Crippen LogP contribution >= 0.6 is 11.8 Å². The molecule has 0 spiro atoms. The summed E-state index contributed by atoms with van der Waals surface area (Å²) in [5.74, 6) is 0. The van der Waals surface area contributed by atoms with Crippen LogP contribution in [0.15, 0.2) is 59.6 Å². The van der Waals surface area contributed by atoms with Gasteiger partial charge in [0.1, 0.15) is 5.04 Å². The van der Waals surface area contributed by atoms with Gasteiger partial charge in [0.2, 0.25) is 0 Å². The number of amides is 1. The fourth-order valence-corrected chi connectivity index (χ4v) is 3.03. The van der Waals surface area contributed by atoms with E-state index in [-0.39, 0.29) is 5.44 Å². The van der Waals surface area contributed by atoms with E-state index < -0.39 is 6.09 Å². The van der Waals surface area contributed by atoms with Gasteiger partial charge in [-0.3, -0.25) is 0 Å².